The smallest absolute Gasteiger partial charge is 0.209 e. The zero-order valence-electron chi connectivity index (χ0n) is 19.6. The number of nitrogens with zero attached hydrogens (tertiary/aromatic N) is 4. The van der Waals surface area contributed by atoms with Gasteiger partial charge in [-0.05, 0) is 23.6 Å². The number of methoxy groups -OCH3 is 3. The molecule has 0 radical (unpaired) electrons. The molecule has 11 heteroatoms. The van der Waals surface area contributed by atoms with E-state index in [4.69, 9.17) is 14.2 Å². The Labute approximate surface area is 189 Å². The first-order chi connectivity index (χ1) is 15.2. The maximum atomic E-state index is 11.9. The monoisotopic (exact) mass is 467 g/mol. The van der Waals surface area contributed by atoms with E-state index >= 15 is 0 Å². The lowest BCUT2D eigenvalue weighted by Gasteiger charge is -2.23. The van der Waals surface area contributed by atoms with Gasteiger partial charge in [0, 0.05) is 32.6 Å². The van der Waals surface area contributed by atoms with Crippen LogP contribution in [0.15, 0.2) is 12.1 Å². The zero-order chi connectivity index (χ0) is 23.5. The van der Waals surface area contributed by atoms with Crippen LogP contribution in [0.3, 0.4) is 0 Å². The molecule has 0 aliphatic carbocycles. The SMILES string of the molecule is COc1cc(CN2CCc3nnc(C(NS(C)(=O)=O)C(C)C)n3CC2)cc(OC)c1OC. The van der Waals surface area contributed by atoms with Crippen LogP contribution in [-0.4, -0.2) is 68.8 Å². The van der Waals surface area contributed by atoms with Crippen LogP contribution < -0.4 is 18.9 Å². The van der Waals surface area contributed by atoms with Crippen LogP contribution in [0.4, 0.5) is 0 Å². The summed E-state index contributed by atoms with van der Waals surface area (Å²) in [4.78, 5) is 2.33. The number of benzene rings is 1. The van der Waals surface area contributed by atoms with Crippen molar-refractivity contribution in [1.82, 2.24) is 24.4 Å². The van der Waals surface area contributed by atoms with Crippen molar-refractivity contribution >= 4 is 10.0 Å². The van der Waals surface area contributed by atoms with Gasteiger partial charge in [-0.1, -0.05) is 13.8 Å². The Morgan fingerprint density at radius 2 is 1.69 bits per heavy atom. The summed E-state index contributed by atoms with van der Waals surface area (Å²) in [6.07, 6.45) is 1.89. The summed E-state index contributed by atoms with van der Waals surface area (Å²) in [6.45, 7) is 6.91. The highest BCUT2D eigenvalue weighted by Crippen LogP contribution is 2.38. The maximum absolute atomic E-state index is 11.9. The highest BCUT2D eigenvalue weighted by molar-refractivity contribution is 7.88. The van der Waals surface area contributed by atoms with Crippen molar-refractivity contribution in [3.63, 3.8) is 0 Å². The quantitative estimate of drug-likeness (QED) is 0.593. The Balaban J connectivity index is 1.79. The van der Waals surface area contributed by atoms with Crippen LogP contribution >= 0.6 is 0 Å². The van der Waals surface area contributed by atoms with Gasteiger partial charge in [-0.15, -0.1) is 10.2 Å². The lowest BCUT2D eigenvalue weighted by atomic mass is 10.1. The van der Waals surface area contributed by atoms with E-state index in [-0.39, 0.29) is 5.92 Å². The van der Waals surface area contributed by atoms with Gasteiger partial charge in [0.2, 0.25) is 15.8 Å². The standard InChI is InChI=1S/C21H33N5O5S/c1-14(2)19(24-32(6,27)28)21-23-22-18-7-8-25(9-10-26(18)21)13-15-11-16(29-3)20(31-5)17(12-15)30-4/h11-12,14,19,24H,7-10,13H2,1-6H3. The average Bonchev–Trinajstić information content (AvgIpc) is 3.04. The summed E-state index contributed by atoms with van der Waals surface area (Å²) >= 11 is 0. The van der Waals surface area contributed by atoms with Gasteiger partial charge >= 0.3 is 0 Å². The van der Waals surface area contributed by atoms with Crippen molar-refractivity contribution in [3.8, 4) is 17.2 Å². The van der Waals surface area contributed by atoms with Crippen LogP contribution in [0.1, 0.15) is 37.1 Å². The summed E-state index contributed by atoms with van der Waals surface area (Å²) in [6, 6.07) is 3.50. The van der Waals surface area contributed by atoms with Gasteiger partial charge in [0.25, 0.3) is 0 Å². The number of aromatic nitrogens is 3. The van der Waals surface area contributed by atoms with E-state index in [1.165, 1.54) is 6.26 Å². The van der Waals surface area contributed by atoms with E-state index in [1.807, 2.05) is 26.0 Å². The molecule has 1 aromatic carbocycles. The molecule has 1 aromatic heterocycles. The Morgan fingerprint density at radius 1 is 1.03 bits per heavy atom. The van der Waals surface area contributed by atoms with Gasteiger partial charge in [0.1, 0.15) is 5.82 Å². The molecule has 2 aromatic rings. The molecule has 1 unspecified atom stereocenters. The molecular formula is C21H33N5O5S. The van der Waals surface area contributed by atoms with E-state index in [1.54, 1.807) is 21.3 Å². The third-order valence-electron chi connectivity index (χ3n) is 5.56. The Kier molecular flexibility index (Phi) is 7.63. The lowest BCUT2D eigenvalue weighted by Crippen LogP contribution is -2.33. The number of sulfonamides is 1. The number of nitrogens with one attached hydrogen (secondary N) is 1. The third-order valence-corrected chi connectivity index (χ3v) is 6.25. The molecule has 0 bridgehead atoms. The molecule has 10 nitrogen and oxygen atoms in total. The Hall–Kier alpha value is -2.37. The number of ether oxygens (including phenoxy) is 3. The minimum absolute atomic E-state index is 0.0385. The van der Waals surface area contributed by atoms with Gasteiger partial charge in [-0.3, -0.25) is 4.90 Å². The van der Waals surface area contributed by atoms with Crippen molar-refractivity contribution in [2.45, 2.75) is 39.4 Å². The topological polar surface area (TPSA) is 108 Å². The van der Waals surface area contributed by atoms with Crippen molar-refractivity contribution < 1.29 is 22.6 Å². The molecule has 178 valence electrons. The first-order valence-electron chi connectivity index (χ1n) is 10.6. The molecule has 1 atom stereocenters. The summed E-state index contributed by atoms with van der Waals surface area (Å²) in [5.41, 5.74) is 1.05. The van der Waals surface area contributed by atoms with Gasteiger partial charge in [-0.25, -0.2) is 13.1 Å². The number of rotatable bonds is 9. The summed E-state index contributed by atoms with van der Waals surface area (Å²) in [5, 5.41) is 8.70. The van der Waals surface area contributed by atoms with Gasteiger partial charge < -0.3 is 18.8 Å². The maximum Gasteiger partial charge on any atom is 0.209 e. The van der Waals surface area contributed by atoms with E-state index in [0.717, 1.165) is 30.9 Å². The minimum Gasteiger partial charge on any atom is -0.493 e. The predicted molar refractivity (Wildman–Crippen MR) is 121 cm³/mol. The second-order valence-corrected chi connectivity index (χ2v) is 10.1. The molecule has 1 aliphatic rings. The fourth-order valence-corrected chi connectivity index (χ4v) is 4.82. The molecule has 3 rings (SSSR count). The van der Waals surface area contributed by atoms with E-state index in [0.29, 0.717) is 36.2 Å². The summed E-state index contributed by atoms with van der Waals surface area (Å²) in [7, 11) is 1.43. The predicted octanol–water partition coefficient (Wildman–Crippen LogP) is 1.61. The van der Waals surface area contributed by atoms with Crippen molar-refractivity contribution in [2.75, 3.05) is 40.7 Å². The average molecular weight is 468 g/mol. The largest absolute Gasteiger partial charge is 0.493 e. The number of hydrogen-bond donors (Lipinski definition) is 1. The zero-order valence-corrected chi connectivity index (χ0v) is 20.4. The van der Waals surface area contributed by atoms with Gasteiger partial charge in [0.15, 0.2) is 17.3 Å². The van der Waals surface area contributed by atoms with Crippen molar-refractivity contribution in [1.29, 1.82) is 0 Å². The molecule has 0 saturated carbocycles. The molecule has 1 N–H and O–H groups in total. The Bertz CT molecular complexity index is 1010. The van der Waals surface area contributed by atoms with Crippen molar-refractivity contribution in [3.05, 3.63) is 29.3 Å². The van der Waals surface area contributed by atoms with E-state index in [9.17, 15) is 8.42 Å². The summed E-state index contributed by atoms with van der Waals surface area (Å²) < 4.78 is 44.9. The molecule has 0 spiro atoms. The van der Waals surface area contributed by atoms with Crippen molar-refractivity contribution in [2.24, 2.45) is 5.92 Å². The fraction of sp³-hybridized carbons (Fsp3) is 0.619. The molecule has 0 amide bonds. The second-order valence-electron chi connectivity index (χ2n) is 8.30. The minimum atomic E-state index is -3.38. The molecule has 0 fully saturated rings. The van der Waals surface area contributed by atoms with Crippen LogP contribution in [0.5, 0.6) is 17.2 Å². The van der Waals surface area contributed by atoms with Crippen LogP contribution in [0.2, 0.25) is 0 Å². The molecule has 32 heavy (non-hydrogen) atoms. The Morgan fingerprint density at radius 3 is 2.22 bits per heavy atom. The van der Waals surface area contributed by atoms with Gasteiger partial charge in [0.05, 0.1) is 33.6 Å². The number of fused-ring (bicyclic) bond motifs is 1. The normalized spacial score (nSPS) is 15.8. The third kappa shape index (κ3) is 5.51. The first kappa shape index (κ1) is 24.3. The molecule has 1 aliphatic heterocycles. The van der Waals surface area contributed by atoms with E-state index < -0.39 is 16.1 Å². The van der Waals surface area contributed by atoms with Crippen LogP contribution in [0, 0.1) is 5.92 Å². The van der Waals surface area contributed by atoms with Crippen LogP contribution in [-0.2, 0) is 29.5 Å². The molecule has 0 saturated heterocycles. The highest BCUT2D eigenvalue weighted by atomic mass is 32.2. The first-order valence-corrected chi connectivity index (χ1v) is 12.5. The van der Waals surface area contributed by atoms with E-state index in [2.05, 4.69) is 24.4 Å². The second kappa shape index (κ2) is 10.1. The molecule has 2 heterocycles. The van der Waals surface area contributed by atoms with Crippen LogP contribution in [0.25, 0.3) is 0 Å². The van der Waals surface area contributed by atoms with Gasteiger partial charge in [-0.2, -0.15) is 0 Å². The lowest BCUT2D eigenvalue weighted by molar-refractivity contribution is 0.266. The number of hydrogen-bond acceptors (Lipinski definition) is 8. The fourth-order valence-electron chi connectivity index (χ4n) is 3.98. The summed E-state index contributed by atoms with van der Waals surface area (Å²) in [5.74, 6) is 3.40. The molecular weight excluding hydrogens is 434 g/mol. The highest BCUT2D eigenvalue weighted by Gasteiger charge is 2.28.